The number of carbonyl (C=O) groups excluding carboxylic acids is 2. The smallest absolute Gasteiger partial charge is 0.408 e. The van der Waals surface area contributed by atoms with E-state index in [0.29, 0.717) is 18.4 Å². The second-order valence-electron chi connectivity index (χ2n) is 9.36. The zero-order chi connectivity index (χ0) is 26.3. The van der Waals surface area contributed by atoms with E-state index >= 15 is 0 Å². The van der Waals surface area contributed by atoms with E-state index in [9.17, 15) is 22.8 Å². The lowest BCUT2D eigenvalue weighted by atomic mass is 9.89. The first-order chi connectivity index (χ1) is 16.0. The lowest BCUT2D eigenvalue weighted by Gasteiger charge is -2.31. The van der Waals surface area contributed by atoms with Crippen LogP contribution in [0.1, 0.15) is 66.7 Å². The van der Waals surface area contributed by atoms with Crippen molar-refractivity contribution < 1.29 is 27.5 Å². The zero-order valence-corrected chi connectivity index (χ0v) is 22.2. The quantitative estimate of drug-likeness (QED) is 0.218. The van der Waals surface area contributed by atoms with Crippen LogP contribution in [0.25, 0.3) is 0 Å². The van der Waals surface area contributed by atoms with E-state index in [4.69, 9.17) is 39.5 Å². The van der Waals surface area contributed by atoms with Crippen LogP contribution in [0.2, 0.25) is 15.1 Å². The van der Waals surface area contributed by atoms with Crippen molar-refractivity contribution in [2.75, 3.05) is 0 Å². The van der Waals surface area contributed by atoms with Gasteiger partial charge in [-0.1, -0.05) is 46.9 Å². The maximum absolute atomic E-state index is 14.2. The van der Waals surface area contributed by atoms with Gasteiger partial charge in [-0.05, 0) is 68.5 Å². The van der Waals surface area contributed by atoms with Crippen molar-refractivity contribution in [3.05, 3.63) is 67.7 Å². The first-order valence-corrected chi connectivity index (χ1v) is 12.2. The van der Waals surface area contributed by atoms with Crippen molar-refractivity contribution in [3.63, 3.8) is 0 Å². The SMILES string of the molecule is CC(C)(C)OC(=O)NC1CCc2ccc(C(=O)CC(S)(c3cc(Cl)c(Cl)c(Cl)c3)C(F)(F)F)cc21. The second kappa shape index (κ2) is 10.0. The number of rotatable bonds is 5. The lowest BCUT2D eigenvalue weighted by Crippen LogP contribution is -2.39. The lowest BCUT2D eigenvalue weighted by molar-refractivity contribution is -0.160. The van der Waals surface area contributed by atoms with Crippen molar-refractivity contribution in [3.8, 4) is 0 Å². The summed E-state index contributed by atoms with van der Waals surface area (Å²) in [6.07, 6.45) is -5.31. The summed E-state index contributed by atoms with van der Waals surface area (Å²) in [6.45, 7) is 5.20. The Labute approximate surface area is 221 Å². The fourth-order valence-electron chi connectivity index (χ4n) is 3.87. The summed E-state index contributed by atoms with van der Waals surface area (Å²) in [6, 6.07) is 6.26. The highest BCUT2D eigenvalue weighted by molar-refractivity contribution is 7.81. The number of amides is 1. The Morgan fingerprint density at radius 1 is 1.09 bits per heavy atom. The van der Waals surface area contributed by atoms with Crippen molar-refractivity contribution >= 4 is 59.3 Å². The number of ether oxygens (including phenoxy) is 1. The summed E-state index contributed by atoms with van der Waals surface area (Å²) in [7, 11) is 0. The van der Waals surface area contributed by atoms with Crippen molar-refractivity contribution in [2.45, 2.75) is 62.6 Å². The molecule has 2 aromatic rings. The van der Waals surface area contributed by atoms with Gasteiger partial charge in [0.05, 0.1) is 21.1 Å². The van der Waals surface area contributed by atoms with E-state index in [2.05, 4.69) is 17.9 Å². The second-order valence-corrected chi connectivity index (χ2v) is 11.3. The Balaban J connectivity index is 1.90. The largest absolute Gasteiger partial charge is 0.444 e. The molecule has 2 unspecified atom stereocenters. The van der Waals surface area contributed by atoms with E-state index in [-0.39, 0.29) is 20.6 Å². The molecule has 0 fully saturated rings. The monoisotopic (exact) mass is 567 g/mol. The van der Waals surface area contributed by atoms with Gasteiger partial charge in [-0.3, -0.25) is 4.79 Å². The summed E-state index contributed by atoms with van der Waals surface area (Å²) in [5.41, 5.74) is 0.537. The van der Waals surface area contributed by atoms with Gasteiger partial charge in [0.2, 0.25) is 0 Å². The predicted octanol–water partition coefficient (Wildman–Crippen LogP) is 8.12. The number of nitrogens with one attached hydrogen (secondary N) is 1. The number of benzene rings is 2. The van der Waals surface area contributed by atoms with E-state index in [1.807, 2.05) is 0 Å². The topological polar surface area (TPSA) is 55.4 Å². The summed E-state index contributed by atoms with van der Waals surface area (Å²) in [5, 5.41) is 2.31. The highest BCUT2D eigenvalue weighted by atomic mass is 35.5. The normalized spacial score (nSPS) is 17.5. The zero-order valence-electron chi connectivity index (χ0n) is 19.0. The molecule has 0 aromatic heterocycles. The maximum atomic E-state index is 14.2. The molecule has 1 aliphatic carbocycles. The van der Waals surface area contributed by atoms with Crippen molar-refractivity contribution in [1.82, 2.24) is 5.32 Å². The molecule has 1 aliphatic rings. The molecule has 190 valence electrons. The fourth-order valence-corrected chi connectivity index (χ4v) is 4.74. The third kappa shape index (κ3) is 6.21. The van der Waals surface area contributed by atoms with Crippen LogP contribution in [0.5, 0.6) is 0 Å². The van der Waals surface area contributed by atoms with Crippen LogP contribution < -0.4 is 5.32 Å². The third-order valence-electron chi connectivity index (χ3n) is 5.58. The molecule has 0 saturated carbocycles. The first-order valence-electron chi connectivity index (χ1n) is 10.6. The number of ketones is 1. The highest BCUT2D eigenvalue weighted by Gasteiger charge is 2.55. The molecule has 11 heteroatoms. The summed E-state index contributed by atoms with van der Waals surface area (Å²) < 4.78 is 45.0. The van der Waals surface area contributed by atoms with E-state index in [0.717, 1.165) is 17.7 Å². The molecule has 0 saturated heterocycles. The van der Waals surface area contributed by atoms with Gasteiger partial charge < -0.3 is 10.1 Å². The minimum Gasteiger partial charge on any atom is -0.444 e. The Kier molecular flexibility index (Phi) is 8.02. The number of thiol groups is 1. The molecule has 0 bridgehead atoms. The number of Topliss-reactive ketones (excluding diaryl/α,β-unsaturated/α-hetero) is 1. The van der Waals surface area contributed by atoms with Crippen LogP contribution in [0.4, 0.5) is 18.0 Å². The van der Waals surface area contributed by atoms with Gasteiger partial charge in [0.25, 0.3) is 0 Å². The standard InChI is InChI=1S/C24H23Cl3F3NO3S/c1-22(2,3)34-21(33)31-18-7-6-12-4-5-13(8-15(12)18)19(32)11-23(35,24(28,29)30)14-9-16(25)20(27)17(26)10-14/h4-5,8-10,18,35H,6-7,11H2,1-3H3,(H,31,33). The molecule has 4 nitrogen and oxygen atoms in total. The average molecular weight is 569 g/mol. The number of aryl methyl sites for hydroxylation is 1. The Hall–Kier alpha value is -1.61. The van der Waals surface area contributed by atoms with Gasteiger partial charge in [0, 0.05) is 12.0 Å². The molecule has 2 aromatic carbocycles. The molecule has 1 amide bonds. The number of hydrogen-bond acceptors (Lipinski definition) is 4. The van der Waals surface area contributed by atoms with Gasteiger partial charge in [-0.2, -0.15) is 25.8 Å². The molecule has 0 heterocycles. The summed E-state index contributed by atoms with van der Waals surface area (Å²) in [4.78, 5) is 25.3. The van der Waals surface area contributed by atoms with E-state index in [1.165, 1.54) is 12.1 Å². The van der Waals surface area contributed by atoms with Crippen molar-refractivity contribution in [1.29, 1.82) is 0 Å². The number of fused-ring (bicyclic) bond motifs is 1. The number of hydrogen-bond donors (Lipinski definition) is 2. The molecule has 0 radical (unpaired) electrons. The van der Waals surface area contributed by atoms with Gasteiger partial charge in [0.1, 0.15) is 10.3 Å². The average Bonchev–Trinajstić information content (AvgIpc) is 3.11. The Bertz CT molecular complexity index is 1140. The fraction of sp³-hybridized carbons (Fsp3) is 0.417. The van der Waals surface area contributed by atoms with Crippen LogP contribution in [0.3, 0.4) is 0 Å². The molecule has 2 atom stereocenters. The van der Waals surface area contributed by atoms with Crippen LogP contribution in [0.15, 0.2) is 30.3 Å². The van der Waals surface area contributed by atoms with Crippen molar-refractivity contribution in [2.24, 2.45) is 0 Å². The van der Waals surface area contributed by atoms with Crippen LogP contribution in [-0.2, 0) is 15.9 Å². The summed E-state index contributed by atoms with van der Waals surface area (Å²) in [5.74, 6) is -0.787. The predicted molar refractivity (Wildman–Crippen MR) is 134 cm³/mol. The molecule has 1 N–H and O–H groups in total. The summed E-state index contributed by atoms with van der Waals surface area (Å²) >= 11 is 21.7. The molecule has 3 rings (SSSR count). The minimum absolute atomic E-state index is 0.0653. The minimum atomic E-state index is -4.91. The maximum Gasteiger partial charge on any atom is 0.408 e. The van der Waals surface area contributed by atoms with Crippen LogP contribution in [-0.4, -0.2) is 23.7 Å². The number of alkyl carbamates (subject to hydrolysis) is 1. The number of halogens is 6. The van der Waals surface area contributed by atoms with E-state index < -0.39 is 46.4 Å². The molecule has 0 spiro atoms. The van der Waals surface area contributed by atoms with Gasteiger partial charge in [0.15, 0.2) is 5.78 Å². The van der Waals surface area contributed by atoms with Gasteiger partial charge in [-0.15, -0.1) is 0 Å². The van der Waals surface area contributed by atoms with Crippen LogP contribution >= 0.6 is 47.4 Å². The third-order valence-corrected chi connectivity index (χ3v) is 7.45. The molecular weight excluding hydrogens is 546 g/mol. The Morgan fingerprint density at radius 2 is 1.69 bits per heavy atom. The number of alkyl halides is 3. The van der Waals surface area contributed by atoms with E-state index in [1.54, 1.807) is 26.8 Å². The highest BCUT2D eigenvalue weighted by Crippen LogP contribution is 2.50. The molecular formula is C24H23Cl3F3NO3S. The Morgan fingerprint density at radius 3 is 2.23 bits per heavy atom. The molecule has 35 heavy (non-hydrogen) atoms. The number of carbonyl (C=O) groups is 2. The van der Waals surface area contributed by atoms with Gasteiger partial charge in [-0.25, -0.2) is 4.79 Å². The first kappa shape index (κ1) is 28.0. The van der Waals surface area contributed by atoms with Crippen LogP contribution in [0, 0.1) is 0 Å². The molecule has 0 aliphatic heterocycles. The van der Waals surface area contributed by atoms with Gasteiger partial charge >= 0.3 is 12.3 Å².